The van der Waals surface area contributed by atoms with Crippen molar-refractivity contribution in [3.05, 3.63) is 144 Å². The molecule has 0 atom stereocenters. The van der Waals surface area contributed by atoms with E-state index in [0.29, 0.717) is 0 Å². The normalized spacial score (nSPS) is 18.9. The van der Waals surface area contributed by atoms with Crippen LogP contribution in [0.4, 0.5) is 0 Å². The molecular formula is C28H26N3+. The first kappa shape index (κ1) is 20.2. The molecule has 3 nitrogen and oxygen atoms in total. The van der Waals surface area contributed by atoms with Gasteiger partial charge in [-0.3, -0.25) is 0 Å². The van der Waals surface area contributed by atoms with Gasteiger partial charge in [0.05, 0.1) is 0 Å². The van der Waals surface area contributed by atoms with E-state index in [1.165, 1.54) is 11.1 Å². The molecule has 0 fully saturated rings. The Labute approximate surface area is 184 Å². The second-order valence-corrected chi connectivity index (χ2v) is 7.56. The zero-order valence-electron chi connectivity index (χ0n) is 17.9. The van der Waals surface area contributed by atoms with E-state index in [0.717, 1.165) is 22.6 Å². The van der Waals surface area contributed by atoms with Crippen molar-refractivity contribution < 1.29 is 0 Å². The molecule has 31 heavy (non-hydrogen) atoms. The first-order valence-electron chi connectivity index (χ1n) is 10.3. The highest BCUT2D eigenvalue weighted by molar-refractivity contribution is 6.13. The fraction of sp³-hybridized carbons (Fsp3) is 0.0714. The maximum atomic E-state index is 4.73. The van der Waals surface area contributed by atoms with Crippen molar-refractivity contribution in [1.29, 1.82) is 0 Å². The van der Waals surface area contributed by atoms with Gasteiger partial charge >= 0.3 is 11.4 Å². The summed E-state index contributed by atoms with van der Waals surface area (Å²) in [7, 11) is 4.04. The Hall–Kier alpha value is -4.07. The van der Waals surface area contributed by atoms with Crippen LogP contribution in [0.5, 0.6) is 0 Å². The van der Waals surface area contributed by atoms with Crippen LogP contribution in [0.1, 0.15) is 0 Å². The quantitative estimate of drug-likeness (QED) is 0.614. The van der Waals surface area contributed by atoms with E-state index in [1.807, 2.05) is 73.0 Å². The maximum Gasteiger partial charge on any atom is 0.328 e. The molecule has 2 aliphatic heterocycles. The summed E-state index contributed by atoms with van der Waals surface area (Å²) in [5.41, 5.74) is 6.57. The third kappa shape index (κ3) is 5.96. The largest absolute Gasteiger partial charge is 0.357 e. The number of rotatable bonds is 2. The molecule has 0 unspecified atom stereocenters. The predicted octanol–water partition coefficient (Wildman–Crippen LogP) is 4.84. The lowest BCUT2D eigenvalue weighted by Crippen LogP contribution is -2.05. The Morgan fingerprint density at radius 1 is 0.452 bits per heavy atom. The molecule has 4 rings (SSSR count). The van der Waals surface area contributed by atoms with Crippen molar-refractivity contribution in [2.45, 2.75) is 0 Å². The van der Waals surface area contributed by atoms with Crippen LogP contribution in [0, 0.1) is 0 Å². The maximum absolute atomic E-state index is 4.73. The molecule has 0 saturated heterocycles. The summed E-state index contributed by atoms with van der Waals surface area (Å²) in [5, 5.41) is 0. The van der Waals surface area contributed by atoms with Gasteiger partial charge in [0.1, 0.15) is 0 Å². The van der Waals surface area contributed by atoms with E-state index in [-0.39, 0.29) is 0 Å². The van der Waals surface area contributed by atoms with Gasteiger partial charge < -0.3 is 9.80 Å². The zero-order chi connectivity index (χ0) is 21.5. The van der Waals surface area contributed by atoms with E-state index < -0.39 is 0 Å². The predicted molar refractivity (Wildman–Crippen MR) is 133 cm³/mol. The molecule has 4 aliphatic rings. The van der Waals surface area contributed by atoms with Crippen molar-refractivity contribution in [2.75, 3.05) is 14.1 Å². The van der Waals surface area contributed by atoms with Crippen LogP contribution < -0.4 is 4.67 Å². The molecule has 0 bridgehead atoms. The van der Waals surface area contributed by atoms with E-state index in [2.05, 4.69) is 72.9 Å². The fourth-order valence-electron chi connectivity index (χ4n) is 3.10. The molecule has 0 aromatic rings. The van der Waals surface area contributed by atoms with Crippen molar-refractivity contribution >= 4 is 11.4 Å². The molecule has 2 aliphatic carbocycles. The van der Waals surface area contributed by atoms with Gasteiger partial charge in [-0.25, -0.2) is 0 Å². The summed E-state index contributed by atoms with van der Waals surface area (Å²) in [6, 6.07) is 0. The lowest BCUT2D eigenvalue weighted by molar-refractivity contribution is 0.620. The van der Waals surface area contributed by atoms with Crippen LogP contribution in [0.3, 0.4) is 0 Å². The number of hydrogen-bond acceptors (Lipinski definition) is 2. The lowest BCUT2D eigenvalue weighted by Gasteiger charge is -2.11. The van der Waals surface area contributed by atoms with Gasteiger partial charge in [-0.05, 0) is 70.9 Å². The minimum atomic E-state index is 0.948. The third-order valence-electron chi connectivity index (χ3n) is 4.99. The monoisotopic (exact) mass is 404 g/mol. The van der Waals surface area contributed by atoms with Crippen LogP contribution in [0.2, 0.25) is 0 Å². The highest BCUT2D eigenvalue weighted by Crippen LogP contribution is 2.13. The Kier molecular flexibility index (Phi) is 6.27. The lowest BCUT2D eigenvalue weighted by atomic mass is 10.1. The molecular weight excluding hydrogens is 378 g/mol. The number of nitrogens with zero attached hydrogens (tertiary/aromatic N) is 3. The summed E-state index contributed by atoms with van der Waals surface area (Å²) >= 11 is 0. The molecule has 0 radical (unpaired) electrons. The molecule has 0 amide bonds. The van der Waals surface area contributed by atoms with Crippen molar-refractivity contribution in [3.63, 3.8) is 0 Å². The van der Waals surface area contributed by atoms with E-state index in [9.17, 15) is 0 Å². The summed E-state index contributed by atoms with van der Waals surface area (Å²) in [5.74, 6) is 0. The third-order valence-corrected chi connectivity index (χ3v) is 4.99. The minimum Gasteiger partial charge on any atom is -0.357 e. The van der Waals surface area contributed by atoms with Crippen molar-refractivity contribution in [2.24, 2.45) is 0 Å². The van der Waals surface area contributed by atoms with Crippen molar-refractivity contribution in [1.82, 2.24) is 14.5 Å². The minimum absolute atomic E-state index is 0.948. The highest BCUT2D eigenvalue weighted by atomic mass is 15.1. The first-order chi connectivity index (χ1) is 15.1. The van der Waals surface area contributed by atoms with E-state index in [4.69, 9.17) is 4.67 Å². The summed E-state index contributed by atoms with van der Waals surface area (Å²) < 4.78 is 4.73. The second-order valence-electron chi connectivity index (χ2n) is 7.56. The van der Waals surface area contributed by atoms with Gasteiger partial charge in [0.15, 0.2) is 0 Å². The molecule has 3 heteroatoms. The SMILES string of the molecule is CN1C=CC(=CC=C2C=CC(=[N+]=C3C=CC(=CC=C4C=CN(C)C=C4)C=C3)C=C2)C=C1. The first-order valence-corrected chi connectivity index (χ1v) is 10.3. The Morgan fingerprint density at radius 3 is 1.06 bits per heavy atom. The smallest absolute Gasteiger partial charge is 0.328 e. The second kappa shape index (κ2) is 9.62. The van der Waals surface area contributed by atoms with Crippen LogP contribution in [0.15, 0.2) is 144 Å². The van der Waals surface area contributed by atoms with E-state index >= 15 is 0 Å². The van der Waals surface area contributed by atoms with Gasteiger partial charge in [0, 0.05) is 63.2 Å². The Bertz CT molecular complexity index is 1020. The van der Waals surface area contributed by atoms with Crippen LogP contribution >= 0.6 is 0 Å². The fourth-order valence-corrected chi connectivity index (χ4v) is 3.10. The standard InChI is InChI=1S/C28H26N3/c1-30-19-15-25(16-20-30)5-3-23-7-11-27(12-8-23)29-28-13-9-24(10-14-28)4-6-26-17-21-31(2)22-18-26/h3-22H,1-2H3/q+1. The zero-order valence-corrected chi connectivity index (χ0v) is 17.9. The number of hydrogen-bond donors (Lipinski definition) is 0. The van der Waals surface area contributed by atoms with Gasteiger partial charge in [-0.2, -0.15) is 0 Å². The average Bonchev–Trinajstić information content (AvgIpc) is 2.80. The molecule has 2 heterocycles. The molecule has 152 valence electrons. The molecule has 0 N–H and O–H groups in total. The van der Waals surface area contributed by atoms with Crippen LogP contribution in [0.25, 0.3) is 0 Å². The molecule has 0 aromatic carbocycles. The molecule has 0 spiro atoms. The Morgan fingerprint density at radius 2 is 0.742 bits per heavy atom. The van der Waals surface area contributed by atoms with Gasteiger partial charge in [0.2, 0.25) is 0 Å². The van der Waals surface area contributed by atoms with Crippen molar-refractivity contribution in [3.8, 4) is 0 Å². The van der Waals surface area contributed by atoms with Crippen LogP contribution in [-0.4, -0.2) is 35.3 Å². The van der Waals surface area contributed by atoms with E-state index in [1.54, 1.807) is 0 Å². The van der Waals surface area contributed by atoms with Gasteiger partial charge in [0.25, 0.3) is 0 Å². The summed E-state index contributed by atoms with van der Waals surface area (Å²) in [4.78, 5) is 4.06. The topological polar surface area (TPSA) is 20.6 Å². The van der Waals surface area contributed by atoms with Crippen LogP contribution in [-0.2, 0) is 0 Å². The van der Waals surface area contributed by atoms with Gasteiger partial charge in [-0.1, -0.05) is 29.0 Å². The molecule has 0 saturated carbocycles. The summed E-state index contributed by atoms with van der Waals surface area (Å²) in [6.07, 6.45) is 41.6. The van der Waals surface area contributed by atoms with Gasteiger partial charge in [-0.15, -0.1) is 0 Å². The Balaban J connectivity index is 1.40. The molecule has 0 aromatic heterocycles. The number of allylic oxidation sites excluding steroid dienone is 20. The summed E-state index contributed by atoms with van der Waals surface area (Å²) in [6.45, 7) is 0. The highest BCUT2D eigenvalue weighted by Gasteiger charge is 2.09. The average molecular weight is 405 g/mol.